The second-order valence-corrected chi connectivity index (χ2v) is 7.80. The van der Waals surface area contributed by atoms with Gasteiger partial charge in [-0.15, -0.1) is 0 Å². The van der Waals surface area contributed by atoms with E-state index in [1.165, 1.54) is 7.11 Å². The van der Waals surface area contributed by atoms with Crippen molar-refractivity contribution in [2.45, 2.75) is 56.6 Å². The molecule has 2 aliphatic rings. The second kappa shape index (κ2) is 9.67. The molecule has 2 amide bonds. The molecule has 1 atom stereocenters. The van der Waals surface area contributed by atoms with E-state index < -0.39 is 29.8 Å². The van der Waals surface area contributed by atoms with Crippen LogP contribution in [0.5, 0.6) is 11.5 Å². The zero-order valence-electron chi connectivity index (χ0n) is 17.4. The highest BCUT2D eigenvalue weighted by atomic mass is 16.7. The summed E-state index contributed by atoms with van der Waals surface area (Å²) in [4.78, 5) is 40.9. The third kappa shape index (κ3) is 5.44. The molecule has 1 aromatic rings. The van der Waals surface area contributed by atoms with Crippen LogP contribution in [0, 0.1) is 0 Å². The van der Waals surface area contributed by atoms with Crippen LogP contribution in [-0.2, 0) is 19.2 Å². The third-order valence-electron chi connectivity index (χ3n) is 5.44. The van der Waals surface area contributed by atoms with Gasteiger partial charge in [-0.1, -0.05) is 24.4 Å². The van der Waals surface area contributed by atoms with E-state index in [-0.39, 0.29) is 19.1 Å². The lowest BCUT2D eigenvalue weighted by atomic mass is 9.88. The fourth-order valence-electron chi connectivity index (χ4n) is 3.85. The zero-order chi connectivity index (χ0) is 22.4. The van der Waals surface area contributed by atoms with E-state index in [0.717, 1.165) is 32.1 Å². The average molecular weight is 433 g/mol. The number of methoxy groups -OCH3 is 1. The number of ether oxygens (including phenoxy) is 2. The van der Waals surface area contributed by atoms with E-state index in [2.05, 4.69) is 10.5 Å². The molecule has 1 saturated carbocycles. The first-order valence-corrected chi connectivity index (χ1v) is 10.2. The van der Waals surface area contributed by atoms with Crippen LogP contribution in [0.3, 0.4) is 0 Å². The van der Waals surface area contributed by atoms with Crippen LogP contribution in [0.1, 0.15) is 50.5 Å². The monoisotopic (exact) mass is 433 g/mol. The number of carboxylic acids is 1. The molecule has 1 aromatic carbocycles. The first-order chi connectivity index (χ1) is 14.8. The lowest BCUT2D eigenvalue weighted by Gasteiger charge is -2.29. The van der Waals surface area contributed by atoms with Gasteiger partial charge >= 0.3 is 5.97 Å². The first-order valence-electron chi connectivity index (χ1n) is 10.2. The van der Waals surface area contributed by atoms with Gasteiger partial charge in [0.2, 0.25) is 5.60 Å². The van der Waals surface area contributed by atoms with Crippen LogP contribution in [0.15, 0.2) is 23.4 Å². The Kier molecular flexibility index (Phi) is 6.98. The molecular weight excluding hydrogens is 406 g/mol. The summed E-state index contributed by atoms with van der Waals surface area (Å²) < 4.78 is 10.6. The molecule has 0 radical (unpaired) electrons. The topological polar surface area (TPSA) is 150 Å². The van der Waals surface area contributed by atoms with Crippen LogP contribution in [0.4, 0.5) is 0 Å². The van der Waals surface area contributed by atoms with Gasteiger partial charge in [-0.25, -0.2) is 0 Å². The normalized spacial score (nSPS) is 21.0. The van der Waals surface area contributed by atoms with E-state index in [0.29, 0.717) is 22.8 Å². The molecule has 168 valence electrons. The Hall–Kier alpha value is -3.30. The Labute approximate surface area is 179 Å². The minimum atomic E-state index is -1.60. The molecule has 0 saturated heterocycles. The van der Waals surface area contributed by atoms with Gasteiger partial charge in [0.1, 0.15) is 0 Å². The Morgan fingerprint density at radius 2 is 2.00 bits per heavy atom. The largest absolute Gasteiger partial charge is 0.493 e. The summed E-state index contributed by atoms with van der Waals surface area (Å²) in [6, 6.07) is 4.88. The predicted octanol–water partition coefficient (Wildman–Crippen LogP) is 1.35. The summed E-state index contributed by atoms with van der Waals surface area (Å²) in [6.45, 7) is -0.303. The average Bonchev–Trinajstić information content (AvgIpc) is 3.17. The van der Waals surface area contributed by atoms with Gasteiger partial charge in [-0.05, 0) is 31.0 Å². The molecule has 0 aromatic heterocycles. The van der Waals surface area contributed by atoms with Gasteiger partial charge in [0.15, 0.2) is 18.1 Å². The van der Waals surface area contributed by atoms with Crippen LogP contribution in [0.2, 0.25) is 0 Å². The number of carbonyl (C=O) groups is 3. The number of aliphatic carboxylic acids is 1. The number of nitrogens with zero attached hydrogens (tertiary/aromatic N) is 1. The summed E-state index contributed by atoms with van der Waals surface area (Å²) in [6.07, 6.45) is 4.43. The second-order valence-electron chi connectivity index (χ2n) is 7.80. The molecule has 3 rings (SSSR count). The molecule has 0 bridgehead atoms. The summed E-state index contributed by atoms with van der Waals surface area (Å²) in [5.41, 5.74) is 4.50. The number of oxime groups is 1. The molecule has 10 nitrogen and oxygen atoms in total. The number of amides is 2. The smallest absolute Gasteiger partial charge is 0.308 e. The SMILES string of the molecule is COc1cc(C2=NOC(CC(=O)O)(C(=O)NC3CCCCC3)C2)ccc1OCC(N)=O. The molecule has 1 aliphatic carbocycles. The number of hydrogen-bond donors (Lipinski definition) is 3. The van der Waals surface area contributed by atoms with Crippen LogP contribution in [0.25, 0.3) is 0 Å². The number of carboxylic acid groups (broad SMARTS) is 1. The molecular formula is C21H27N3O7. The molecule has 10 heteroatoms. The summed E-state index contributed by atoms with van der Waals surface area (Å²) >= 11 is 0. The lowest BCUT2D eigenvalue weighted by molar-refractivity contribution is -0.156. The molecule has 31 heavy (non-hydrogen) atoms. The van der Waals surface area contributed by atoms with E-state index in [4.69, 9.17) is 20.0 Å². The quantitative estimate of drug-likeness (QED) is 0.532. The minimum absolute atomic E-state index is 0.00248. The van der Waals surface area contributed by atoms with Crippen molar-refractivity contribution >= 4 is 23.5 Å². The number of rotatable bonds is 9. The van der Waals surface area contributed by atoms with Crippen molar-refractivity contribution in [3.63, 3.8) is 0 Å². The van der Waals surface area contributed by atoms with Gasteiger partial charge in [0, 0.05) is 18.0 Å². The van der Waals surface area contributed by atoms with Gasteiger partial charge < -0.3 is 30.5 Å². The first kappa shape index (κ1) is 22.4. The van der Waals surface area contributed by atoms with E-state index in [1.807, 2.05) is 0 Å². The maximum absolute atomic E-state index is 13.0. The van der Waals surface area contributed by atoms with E-state index in [1.54, 1.807) is 18.2 Å². The number of nitrogens with one attached hydrogen (secondary N) is 1. The Balaban J connectivity index is 1.76. The fourth-order valence-corrected chi connectivity index (χ4v) is 3.85. The molecule has 0 spiro atoms. The number of benzene rings is 1. The van der Waals surface area contributed by atoms with Crippen molar-refractivity contribution in [2.24, 2.45) is 10.9 Å². The van der Waals surface area contributed by atoms with Gasteiger partial charge in [-0.2, -0.15) is 0 Å². The highest BCUT2D eigenvalue weighted by molar-refractivity contribution is 6.06. The number of nitrogens with two attached hydrogens (primary N) is 1. The van der Waals surface area contributed by atoms with Crippen LogP contribution in [-0.4, -0.2) is 54.0 Å². The van der Waals surface area contributed by atoms with Crippen molar-refractivity contribution < 1.29 is 33.8 Å². The fraction of sp³-hybridized carbons (Fsp3) is 0.524. The van der Waals surface area contributed by atoms with E-state index in [9.17, 15) is 19.5 Å². The summed E-state index contributed by atoms with van der Waals surface area (Å²) in [5.74, 6) is -1.58. The van der Waals surface area contributed by atoms with E-state index >= 15 is 0 Å². The molecule has 1 fully saturated rings. The van der Waals surface area contributed by atoms with Gasteiger partial charge in [-0.3, -0.25) is 14.4 Å². The highest BCUT2D eigenvalue weighted by Crippen LogP contribution is 2.34. The number of carbonyl (C=O) groups excluding carboxylic acids is 2. The zero-order valence-corrected chi connectivity index (χ0v) is 17.4. The number of primary amides is 1. The van der Waals surface area contributed by atoms with Crippen molar-refractivity contribution in [3.8, 4) is 11.5 Å². The standard InChI is InChI=1S/C21H27N3O7/c1-29-17-9-13(7-8-16(17)30-12-18(22)25)15-10-21(31-24-15,11-19(26)27)20(28)23-14-5-3-2-4-6-14/h7-9,14H,2-6,10-12H2,1H3,(H2,22,25)(H,23,28)(H,26,27). The Morgan fingerprint density at radius 3 is 2.65 bits per heavy atom. The van der Waals surface area contributed by atoms with Crippen molar-refractivity contribution in [1.29, 1.82) is 0 Å². The van der Waals surface area contributed by atoms with Crippen LogP contribution < -0.4 is 20.5 Å². The lowest BCUT2D eigenvalue weighted by Crippen LogP contribution is -2.52. The summed E-state index contributed by atoms with van der Waals surface area (Å²) in [7, 11) is 1.44. The maximum Gasteiger partial charge on any atom is 0.308 e. The summed E-state index contributed by atoms with van der Waals surface area (Å²) in [5, 5.41) is 16.4. The van der Waals surface area contributed by atoms with Crippen LogP contribution >= 0.6 is 0 Å². The minimum Gasteiger partial charge on any atom is -0.493 e. The van der Waals surface area contributed by atoms with Gasteiger partial charge in [0.05, 0.1) is 19.2 Å². The van der Waals surface area contributed by atoms with Crippen molar-refractivity contribution in [3.05, 3.63) is 23.8 Å². The van der Waals surface area contributed by atoms with Crippen molar-refractivity contribution in [2.75, 3.05) is 13.7 Å². The van der Waals surface area contributed by atoms with Crippen molar-refractivity contribution in [1.82, 2.24) is 5.32 Å². The highest BCUT2D eigenvalue weighted by Gasteiger charge is 2.49. The molecule has 1 unspecified atom stereocenters. The predicted molar refractivity (Wildman–Crippen MR) is 110 cm³/mol. The third-order valence-corrected chi connectivity index (χ3v) is 5.44. The molecule has 4 N–H and O–H groups in total. The van der Waals surface area contributed by atoms with Gasteiger partial charge in [0.25, 0.3) is 11.8 Å². The molecule has 1 heterocycles. The molecule has 1 aliphatic heterocycles. The number of hydrogen-bond acceptors (Lipinski definition) is 7. The Morgan fingerprint density at radius 1 is 1.26 bits per heavy atom. The Bertz CT molecular complexity index is 880. The maximum atomic E-state index is 13.0.